The average Bonchev–Trinajstić information content (AvgIpc) is 2.50. The number of nitrogen functional groups attached to an aromatic ring is 1. The monoisotopic (exact) mass is 323 g/mol. The third-order valence-electron chi connectivity index (χ3n) is 4.91. The van der Waals surface area contributed by atoms with Crippen molar-refractivity contribution in [1.82, 2.24) is 14.9 Å². The number of nitrogens with two attached hydrogens (primary N) is 1. The van der Waals surface area contributed by atoms with Crippen LogP contribution in [-0.4, -0.2) is 45.9 Å². The SMILES string of the molecule is CC(=O)N1CCN(c2ncnc(N)c2Cl)CC12CCCCC2. The lowest BCUT2D eigenvalue weighted by Gasteiger charge is -2.53. The number of halogens is 1. The molecule has 120 valence electrons. The van der Waals surface area contributed by atoms with Crippen LogP contribution in [0.5, 0.6) is 0 Å². The number of hydrogen-bond acceptors (Lipinski definition) is 5. The van der Waals surface area contributed by atoms with Gasteiger partial charge >= 0.3 is 0 Å². The number of hydrogen-bond donors (Lipinski definition) is 1. The molecule has 2 aliphatic rings. The van der Waals surface area contributed by atoms with E-state index in [4.69, 9.17) is 17.3 Å². The molecule has 1 aliphatic carbocycles. The molecule has 1 spiro atoms. The quantitative estimate of drug-likeness (QED) is 0.856. The summed E-state index contributed by atoms with van der Waals surface area (Å²) in [6.07, 6.45) is 7.10. The molecule has 22 heavy (non-hydrogen) atoms. The highest BCUT2D eigenvalue weighted by molar-refractivity contribution is 6.35. The van der Waals surface area contributed by atoms with Crippen molar-refractivity contribution in [2.45, 2.75) is 44.6 Å². The van der Waals surface area contributed by atoms with Crippen molar-refractivity contribution in [1.29, 1.82) is 0 Å². The number of carbonyl (C=O) groups excluding carboxylic acids is 1. The lowest BCUT2D eigenvalue weighted by atomic mass is 9.78. The van der Waals surface area contributed by atoms with E-state index in [1.54, 1.807) is 6.92 Å². The first-order valence-corrected chi connectivity index (χ1v) is 8.20. The Kier molecular flexibility index (Phi) is 4.12. The van der Waals surface area contributed by atoms with Gasteiger partial charge in [-0.3, -0.25) is 4.79 Å². The first-order valence-electron chi connectivity index (χ1n) is 7.83. The van der Waals surface area contributed by atoms with E-state index in [2.05, 4.69) is 19.8 Å². The summed E-state index contributed by atoms with van der Waals surface area (Å²) >= 11 is 6.28. The van der Waals surface area contributed by atoms with E-state index in [0.717, 1.165) is 38.8 Å². The molecule has 2 heterocycles. The molecule has 1 aliphatic heterocycles. The van der Waals surface area contributed by atoms with Gasteiger partial charge < -0.3 is 15.5 Å². The summed E-state index contributed by atoms with van der Waals surface area (Å²) in [5.41, 5.74) is 5.71. The van der Waals surface area contributed by atoms with E-state index < -0.39 is 0 Å². The largest absolute Gasteiger partial charge is 0.382 e. The molecule has 0 radical (unpaired) electrons. The molecule has 1 aromatic heterocycles. The van der Waals surface area contributed by atoms with E-state index >= 15 is 0 Å². The van der Waals surface area contributed by atoms with Crippen molar-refractivity contribution in [2.24, 2.45) is 0 Å². The number of amides is 1. The molecular weight excluding hydrogens is 302 g/mol. The zero-order valence-electron chi connectivity index (χ0n) is 12.9. The molecule has 3 rings (SSSR count). The third kappa shape index (κ3) is 2.60. The molecule has 1 amide bonds. The predicted molar refractivity (Wildman–Crippen MR) is 86.9 cm³/mol. The summed E-state index contributed by atoms with van der Waals surface area (Å²) in [7, 11) is 0. The van der Waals surface area contributed by atoms with Gasteiger partial charge in [0.25, 0.3) is 0 Å². The van der Waals surface area contributed by atoms with Crippen LogP contribution in [0.1, 0.15) is 39.0 Å². The zero-order chi connectivity index (χ0) is 15.7. The van der Waals surface area contributed by atoms with E-state index in [1.165, 1.54) is 12.7 Å². The van der Waals surface area contributed by atoms with E-state index in [1.807, 2.05) is 0 Å². The molecule has 0 unspecified atom stereocenters. The first kappa shape index (κ1) is 15.3. The van der Waals surface area contributed by atoms with Crippen molar-refractivity contribution in [3.63, 3.8) is 0 Å². The maximum atomic E-state index is 12.1. The van der Waals surface area contributed by atoms with Crippen LogP contribution >= 0.6 is 11.6 Å². The van der Waals surface area contributed by atoms with Crippen molar-refractivity contribution < 1.29 is 4.79 Å². The molecule has 1 saturated carbocycles. The molecule has 0 aromatic carbocycles. The minimum Gasteiger partial charge on any atom is -0.382 e. The zero-order valence-corrected chi connectivity index (χ0v) is 13.6. The van der Waals surface area contributed by atoms with E-state index in [9.17, 15) is 4.79 Å². The van der Waals surface area contributed by atoms with Crippen molar-refractivity contribution in [3.05, 3.63) is 11.3 Å². The van der Waals surface area contributed by atoms with Gasteiger partial charge in [0.15, 0.2) is 5.82 Å². The highest BCUT2D eigenvalue weighted by Crippen LogP contribution is 2.39. The van der Waals surface area contributed by atoms with Gasteiger partial charge in [-0.1, -0.05) is 30.9 Å². The predicted octanol–water partition coefficient (Wildman–Crippen LogP) is 2.08. The highest BCUT2D eigenvalue weighted by Gasteiger charge is 2.44. The summed E-state index contributed by atoms with van der Waals surface area (Å²) in [5, 5.41) is 0.407. The fraction of sp³-hybridized carbons (Fsp3) is 0.667. The van der Waals surface area contributed by atoms with Crippen LogP contribution in [-0.2, 0) is 4.79 Å². The van der Waals surface area contributed by atoms with Gasteiger partial charge in [0.2, 0.25) is 5.91 Å². The molecule has 2 N–H and O–H groups in total. The number of carbonyl (C=O) groups is 1. The third-order valence-corrected chi connectivity index (χ3v) is 5.28. The van der Waals surface area contributed by atoms with Crippen LogP contribution in [0.2, 0.25) is 5.02 Å². The Hall–Kier alpha value is -1.56. The van der Waals surface area contributed by atoms with Gasteiger partial charge in [0.1, 0.15) is 17.2 Å². The van der Waals surface area contributed by atoms with Crippen LogP contribution in [0.4, 0.5) is 11.6 Å². The Morgan fingerprint density at radius 3 is 2.68 bits per heavy atom. The topological polar surface area (TPSA) is 75.4 Å². The number of rotatable bonds is 1. The van der Waals surface area contributed by atoms with Crippen LogP contribution in [0, 0.1) is 0 Å². The van der Waals surface area contributed by atoms with Crippen LogP contribution in [0.15, 0.2) is 6.33 Å². The Balaban J connectivity index is 1.90. The molecule has 0 atom stereocenters. The van der Waals surface area contributed by atoms with Crippen molar-refractivity contribution >= 4 is 29.1 Å². The minimum atomic E-state index is -0.0919. The number of piperazine rings is 1. The van der Waals surface area contributed by atoms with Gasteiger partial charge in [-0.15, -0.1) is 0 Å². The van der Waals surface area contributed by atoms with Crippen LogP contribution in [0.25, 0.3) is 0 Å². The normalized spacial score (nSPS) is 21.2. The number of anilines is 2. The Labute approximate surface area is 135 Å². The summed E-state index contributed by atoms with van der Waals surface area (Å²) < 4.78 is 0. The highest BCUT2D eigenvalue weighted by atomic mass is 35.5. The maximum Gasteiger partial charge on any atom is 0.220 e. The molecule has 1 aromatic rings. The molecular formula is C15H22ClN5O. The van der Waals surface area contributed by atoms with Gasteiger partial charge in [-0.05, 0) is 12.8 Å². The smallest absolute Gasteiger partial charge is 0.220 e. The summed E-state index contributed by atoms with van der Waals surface area (Å²) in [6.45, 7) is 3.86. The van der Waals surface area contributed by atoms with E-state index in [-0.39, 0.29) is 11.4 Å². The van der Waals surface area contributed by atoms with Crippen molar-refractivity contribution in [3.8, 4) is 0 Å². The number of nitrogens with zero attached hydrogens (tertiary/aromatic N) is 4. The fourth-order valence-corrected chi connectivity index (χ4v) is 4.10. The maximum absolute atomic E-state index is 12.1. The lowest BCUT2D eigenvalue weighted by molar-refractivity contribution is -0.137. The Morgan fingerprint density at radius 2 is 2.00 bits per heavy atom. The van der Waals surface area contributed by atoms with Crippen molar-refractivity contribution in [2.75, 3.05) is 30.3 Å². The van der Waals surface area contributed by atoms with Crippen LogP contribution in [0.3, 0.4) is 0 Å². The summed E-state index contributed by atoms with van der Waals surface area (Å²) in [6, 6.07) is 0. The second-order valence-corrected chi connectivity index (χ2v) is 6.65. The van der Waals surface area contributed by atoms with Crippen LogP contribution < -0.4 is 10.6 Å². The lowest BCUT2D eigenvalue weighted by Crippen LogP contribution is -2.64. The summed E-state index contributed by atoms with van der Waals surface area (Å²) in [5.74, 6) is 1.15. The molecule has 7 heteroatoms. The molecule has 1 saturated heterocycles. The second-order valence-electron chi connectivity index (χ2n) is 6.27. The van der Waals surface area contributed by atoms with Gasteiger partial charge in [0.05, 0.1) is 5.54 Å². The standard InChI is InChI=1S/C15H22ClN5O/c1-11(22)21-8-7-20(9-15(21)5-3-2-4-6-15)14-12(16)13(17)18-10-19-14/h10H,2-9H2,1H3,(H2,17,18,19). The Morgan fingerprint density at radius 1 is 1.27 bits per heavy atom. The molecule has 6 nitrogen and oxygen atoms in total. The number of aromatic nitrogens is 2. The second kappa shape index (κ2) is 5.91. The van der Waals surface area contributed by atoms with Gasteiger partial charge in [-0.25, -0.2) is 9.97 Å². The van der Waals surface area contributed by atoms with Gasteiger partial charge in [-0.2, -0.15) is 0 Å². The average molecular weight is 324 g/mol. The Bertz CT molecular complexity index is 573. The fourth-order valence-electron chi connectivity index (χ4n) is 3.88. The molecule has 2 fully saturated rings. The van der Waals surface area contributed by atoms with Gasteiger partial charge in [0, 0.05) is 26.6 Å². The minimum absolute atomic E-state index is 0.0919. The molecule has 0 bridgehead atoms. The van der Waals surface area contributed by atoms with E-state index in [0.29, 0.717) is 23.2 Å². The summed E-state index contributed by atoms with van der Waals surface area (Å²) in [4.78, 5) is 24.5. The first-order chi connectivity index (χ1) is 10.5.